The smallest absolute Gasteiger partial charge is 0.225 e. The van der Waals surface area contributed by atoms with Crippen molar-refractivity contribution in [1.82, 2.24) is 4.98 Å². The lowest BCUT2D eigenvalue weighted by atomic mass is 9.66. The molecule has 1 aliphatic rings. The molecule has 5 nitrogen and oxygen atoms in total. The van der Waals surface area contributed by atoms with Crippen LogP contribution in [0.1, 0.15) is 37.7 Å². The van der Waals surface area contributed by atoms with Gasteiger partial charge in [0.05, 0.1) is 16.1 Å². The number of primary amides is 1. The second-order valence-corrected chi connectivity index (χ2v) is 9.46. The van der Waals surface area contributed by atoms with Crippen LogP contribution in [0.5, 0.6) is 0 Å². The number of carbonyl (C=O) groups is 1. The first-order valence-electron chi connectivity index (χ1n) is 9.41. The molecule has 1 saturated carbocycles. The molecule has 6 heteroatoms. The van der Waals surface area contributed by atoms with Crippen LogP contribution in [-0.2, 0) is 21.1 Å². The van der Waals surface area contributed by atoms with E-state index in [1.54, 1.807) is 48.8 Å². The number of hydrogen-bond acceptors (Lipinski definition) is 4. The molecule has 1 aromatic heterocycles. The Morgan fingerprint density at radius 3 is 2.37 bits per heavy atom. The molecule has 2 aromatic rings. The van der Waals surface area contributed by atoms with Gasteiger partial charge < -0.3 is 5.73 Å². The largest absolute Gasteiger partial charge is 0.369 e. The number of rotatable bonds is 7. The minimum Gasteiger partial charge on any atom is -0.369 e. The zero-order valence-electron chi connectivity index (χ0n) is 15.4. The first kappa shape index (κ1) is 19.5. The maximum Gasteiger partial charge on any atom is 0.225 e. The normalized spacial score (nSPS) is 17.9. The maximum absolute atomic E-state index is 13.2. The van der Waals surface area contributed by atoms with Crippen molar-refractivity contribution in [1.29, 1.82) is 0 Å². The molecule has 0 radical (unpaired) electrons. The van der Waals surface area contributed by atoms with Gasteiger partial charge in [0.15, 0.2) is 9.84 Å². The van der Waals surface area contributed by atoms with Crippen LogP contribution in [0.4, 0.5) is 0 Å². The standard InChI is InChI=1S/C21H26N2O3S/c22-20(24)21(18-9-3-1-4-10-18,14-17-8-7-13-23-15-17)16-27(25,26)19-11-5-2-6-12-19/h2,5-8,11-13,15,18H,1,3-4,9-10,14,16H2,(H2,22,24). The number of sulfone groups is 1. The zero-order valence-corrected chi connectivity index (χ0v) is 16.2. The fourth-order valence-corrected chi connectivity index (χ4v) is 6.14. The molecule has 1 heterocycles. The van der Waals surface area contributed by atoms with Crippen LogP contribution in [0.3, 0.4) is 0 Å². The maximum atomic E-state index is 13.2. The van der Waals surface area contributed by atoms with Crippen molar-refractivity contribution in [3.05, 3.63) is 60.4 Å². The predicted molar refractivity (Wildman–Crippen MR) is 105 cm³/mol. The zero-order chi connectivity index (χ0) is 19.3. The molecule has 1 unspecified atom stereocenters. The molecule has 1 aromatic carbocycles. The van der Waals surface area contributed by atoms with E-state index in [-0.39, 0.29) is 16.6 Å². The highest BCUT2D eigenvalue weighted by Gasteiger charge is 2.47. The van der Waals surface area contributed by atoms with Gasteiger partial charge in [-0.05, 0) is 48.9 Å². The van der Waals surface area contributed by atoms with Gasteiger partial charge in [0.2, 0.25) is 5.91 Å². The van der Waals surface area contributed by atoms with E-state index in [0.717, 1.165) is 37.7 Å². The first-order chi connectivity index (χ1) is 12.9. The van der Waals surface area contributed by atoms with E-state index in [0.29, 0.717) is 6.42 Å². The van der Waals surface area contributed by atoms with E-state index in [9.17, 15) is 13.2 Å². The van der Waals surface area contributed by atoms with Crippen LogP contribution in [0.15, 0.2) is 59.8 Å². The monoisotopic (exact) mass is 386 g/mol. The van der Waals surface area contributed by atoms with E-state index in [1.807, 2.05) is 6.07 Å². The Morgan fingerprint density at radius 2 is 1.78 bits per heavy atom. The number of carbonyl (C=O) groups excluding carboxylic acids is 1. The average Bonchev–Trinajstić information content (AvgIpc) is 2.69. The van der Waals surface area contributed by atoms with Gasteiger partial charge >= 0.3 is 0 Å². The molecule has 144 valence electrons. The number of nitrogens with zero attached hydrogens (tertiary/aromatic N) is 1. The number of hydrogen-bond donors (Lipinski definition) is 1. The molecule has 1 aliphatic carbocycles. The number of pyridine rings is 1. The fraction of sp³-hybridized carbons (Fsp3) is 0.429. The second kappa shape index (κ2) is 8.21. The van der Waals surface area contributed by atoms with Crippen LogP contribution in [-0.4, -0.2) is 25.1 Å². The van der Waals surface area contributed by atoms with Crippen LogP contribution in [0, 0.1) is 11.3 Å². The Kier molecular flexibility index (Phi) is 5.95. The van der Waals surface area contributed by atoms with Crippen LogP contribution in [0.25, 0.3) is 0 Å². The van der Waals surface area contributed by atoms with Crippen molar-refractivity contribution < 1.29 is 13.2 Å². The Bertz CT molecular complexity index is 863. The molecule has 1 fully saturated rings. The third-order valence-electron chi connectivity index (χ3n) is 5.67. The van der Waals surface area contributed by atoms with Gasteiger partial charge in [0, 0.05) is 12.4 Å². The van der Waals surface area contributed by atoms with Gasteiger partial charge in [-0.2, -0.15) is 0 Å². The van der Waals surface area contributed by atoms with Crippen LogP contribution >= 0.6 is 0 Å². The van der Waals surface area contributed by atoms with Crippen molar-refractivity contribution in [2.45, 2.75) is 43.4 Å². The van der Waals surface area contributed by atoms with Crippen molar-refractivity contribution in [3.8, 4) is 0 Å². The second-order valence-electron chi connectivity index (χ2n) is 7.47. The number of amides is 1. The topological polar surface area (TPSA) is 90.1 Å². The van der Waals surface area contributed by atoms with Crippen molar-refractivity contribution >= 4 is 15.7 Å². The Morgan fingerprint density at radius 1 is 1.07 bits per heavy atom. The predicted octanol–water partition coefficient (Wildman–Crippen LogP) is 3.15. The highest BCUT2D eigenvalue weighted by atomic mass is 32.2. The van der Waals surface area contributed by atoms with Gasteiger partial charge in [0.1, 0.15) is 0 Å². The van der Waals surface area contributed by atoms with Gasteiger partial charge in [-0.25, -0.2) is 8.42 Å². The summed E-state index contributed by atoms with van der Waals surface area (Å²) in [7, 11) is -3.65. The summed E-state index contributed by atoms with van der Waals surface area (Å²) < 4.78 is 26.3. The molecule has 1 atom stereocenters. The van der Waals surface area contributed by atoms with Crippen molar-refractivity contribution in [2.24, 2.45) is 17.1 Å². The highest BCUT2D eigenvalue weighted by Crippen LogP contribution is 2.43. The van der Waals surface area contributed by atoms with E-state index in [4.69, 9.17) is 5.73 Å². The summed E-state index contributed by atoms with van der Waals surface area (Å²) in [6.07, 6.45) is 8.42. The Balaban J connectivity index is 2.03. The third kappa shape index (κ3) is 4.38. The van der Waals surface area contributed by atoms with Gasteiger partial charge in [-0.3, -0.25) is 9.78 Å². The summed E-state index contributed by atoms with van der Waals surface area (Å²) in [4.78, 5) is 17.1. The first-order valence-corrected chi connectivity index (χ1v) is 11.1. The summed E-state index contributed by atoms with van der Waals surface area (Å²) in [5.74, 6) is -0.834. The molecule has 0 bridgehead atoms. The molecule has 0 spiro atoms. The lowest BCUT2D eigenvalue weighted by Gasteiger charge is -2.40. The number of aromatic nitrogens is 1. The van der Waals surface area contributed by atoms with Crippen LogP contribution in [0.2, 0.25) is 0 Å². The molecule has 3 rings (SSSR count). The quantitative estimate of drug-likeness (QED) is 0.791. The summed E-state index contributed by atoms with van der Waals surface area (Å²) in [6.45, 7) is 0. The molecule has 0 saturated heterocycles. The Labute approximate surface area is 160 Å². The number of benzene rings is 1. The molecular weight excluding hydrogens is 360 g/mol. The van der Waals surface area contributed by atoms with Gasteiger partial charge in [-0.15, -0.1) is 0 Å². The number of nitrogens with two attached hydrogens (primary N) is 1. The van der Waals surface area contributed by atoms with Gasteiger partial charge in [-0.1, -0.05) is 43.5 Å². The molecule has 27 heavy (non-hydrogen) atoms. The van der Waals surface area contributed by atoms with Gasteiger partial charge in [0.25, 0.3) is 0 Å². The van der Waals surface area contributed by atoms with E-state index in [2.05, 4.69) is 4.98 Å². The summed E-state index contributed by atoms with van der Waals surface area (Å²) in [5.41, 5.74) is 5.62. The van der Waals surface area contributed by atoms with E-state index >= 15 is 0 Å². The minimum absolute atomic E-state index is 0.0394. The highest BCUT2D eigenvalue weighted by molar-refractivity contribution is 7.91. The Hall–Kier alpha value is -2.21. The average molecular weight is 387 g/mol. The third-order valence-corrected chi connectivity index (χ3v) is 7.56. The molecule has 0 aliphatic heterocycles. The lowest BCUT2D eigenvalue weighted by molar-refractivity contribution is -0.130. The summed E-state index contributed by atoms with van der Waals surface area (Å²) in [6, 6.07) is 12.0. The fourth-order valence-electron chi connectivity index (χ4n) is 4.25. The van der Waals surface area contributed by atoms with Crippen molar-refractivity contribution in [2.75, 3.05) is 5.75 Å². The molecular formula is C21H26N2O3S. The van der Waals surface area contributed by atoms with Crippen molar-refractivity contribution in [3.63, 3.8) is 0 Å². The molecule has 1 amide bonds. The van der Waals surface area contributed by atoms with E-state index in [1.165, 1.54) is 0 Å². The molecule has 2 N–H and O–H groups in total. The lowest BCUT2D eigenvalue weighted by Crippen LogP contribution is -2.50. The summed E-state index contributed by atoms with van der Waals surface area (Å²) in [5, 5.41) is 0. The summed E-state index contributed by atoms with van der Waals surface area (Å²) >= 11 is 0. The van der Waals surface area contributed by atoms with Crippen LogP contribution < -0.4 is 5.73 Å². The minimum atomic E-state index is -3.65. The SMILES string of the molecule is NC(=O)C(Cc1cccnc1)(CS(=O)(=O)c1ccccc1)C1CCCCC1. The van der Waals surface area contributed by atoms with E-state index < -0.39 is 21.2 Å².